The topological polar surface area (TPSA) is 98.4 Å². The monoisotopic (exact) mass is 341 g/mol. The van der Waals surface area contributed by atoms with E-state index >= 15 is 0 Å². The molecule has 0 radical (unpaired) electrons. The van der Waals surface area contributed by atoms with Gasteiger partial charge in [0.15, 0.2) is 0 Å². The van der Waals surface area contributed by atoms with Crippen LogP contribution in [0.25, 0.3) is 0 Å². The molecular formula is C14H23N5O3S. The maximum absolute atomic E-state index is 12.3. The highest BCUT2D eigenvalue weighted by Gasteiger charge is 2.50. The van der Waals surface area contributed by atoms with Crippen molar-refractivity contribution in [2.75, 3.05) is 39.5 Å². The van der Waals surface area contributed by atoms with Crippen LogP contribution in [-0.4, -0.2) is 73.0 Å². The first kappa shape index (κ1) is 16.4. The fourth-order valence-corrected chi connectivity index (χ4v) is 5.14. The lowest BCUT2D eigenvalue weighted by atomic mass is 9.80. The minimum absolute atomic E-state index is 0.0475. The van der Waals surface area contributed by atoms with Crippen molar-refractivity contribution in [2.24, 2.45) is 0 Å². The zero-order chi connectivity index (χ0) is 16.7. The molecule has 1 aromatic rings. The van der Waals surface area contributed by atoms with Gasteiger partial charge in [0, 0.05) is 31.7 Å². The SMILES string of the molecule is CNCC(=O)N1CCC2(CC1)c1nc[nH]c1CCN2S(C)(=O)=O. The predicted octanol–water partition coefficient (Wildman–Crippen LogP) is -0.735. The van der Waals surface area contributed by atoms with Crippen LogP contribution in [0.5, 0.6) is 0 Å². The number of sulfonamides is 1. The first-order chi connectivity index (χ1) is 10.9. The van der Waals surface area contributed by atoms with Crippen LogP contribution in [-0.2, 0) is 26.8 Å². The Kier molecular flexibility index (Phi) is 4.19. The van der Waals surface area contributed by atoms with Crippen LogP contribution in [0.3, 0.4) is 0 Å². The Bertz CT molecular complexity index is 691. The minimum Gasteiger partial charge on any atom is -0.348 e. The van der Waals surface area contributed by atoms with Gasteiger partial charge in [0.05, 0.1) is 30.4 Å². The number of amides is 1. The van der Waals surface area contributed by atoms with E-state index in [4.69, 9.17) is 0 Å². The number of fused-ring (bicyclic) bond motifs is 2. The van der Waals surface area contributed by atoms with Crippen molar-refractivity contribution in [1.29, 1.82) is 0 Å². The van der Waals surface area contributed by atoms with Crippen LogP contribution in [0.4, 0.5) is 0 Å². The zero-order valence-electron chi connectivity index (χ0n) is 13.5. The lowest BCUT2D eigenvalue weighted by Gasteiger charge is -2.49. The number of likely N-dealkylation sites (tertiary alicyclic amines) is 1. The molecule has 0 unspecified atom stereocenters. The average Bonchev–Trinajstić information content (AvgIpc) is 2.97. The number of nitrogens with one attached hydrogen (secondary N) is 2. The average molecular weight is 341 g/mol. The van der Waals surface area contributed by atoms with Crippen LogP contribution < -0.4 is 5.32 Å². The van der Waals surface area contributed by atoms with Crippen LogP contribution in [0.2, 0.25) is 0 Å². The number of carbonyl (C=O) groups is 1. The van der Waals surface area contributed by atoms with Crippen LogP contribution >= 0.6 is 0 Å². The molecular weight excluding hydrogens is 318 g/mol. The fraction of sp³-hybridized carbons (Fsp3) is 0.714. The van der Waals surface area contributed by atoms with E-state index in [0.717, 1.165) is 11.4 Å². The molecule has 1 amide bonds. The van der Waals surface area contributed by atoms with Crippen molar-refractivity contribution < 1.29 is 13.2 Å². The molecule has 1 aromatic heterocycles. The molecule has 3 rings (SSSR count). The van der Waals surface area contributed by atoms with Gasteiger partial charge in [0.1, 0.15) is 0 Å². The normalized spacial score (nSPS) is 21.4. The van der Waals surface area contributed by atoms with E-state index in [9.17, 15) is 13.2 Å². The summed E-state index contributed by atoms with van der Waals surface area (Å²) in [6.45, 7) is 1.84. The number of H-pyrrole nitrogens is 1. The van der Waals surface area contributed by atoms with Crippen molar-refractivity contribution in [3.05, 3.63) is 17.7 Å². The van der Waals surface area contributed by atoms with E-state index in [2.05, 4.69) is 15.3 Å². The molecule has 2 N–H and O–H groups in total. The summed E-state index contributed by atoms with van der Waals surface area (Å²) < 4.78 is 26.2. The molecule has 0 aromatic carbocycles. The summed E-state index contributed by atoms with van der Waals surface area (Å²) in [4.78, 5) is 21.4. The number of hydrogen-bond acceptors (Lipinski definition) is 5. The van der Waals surface area contributed by atoms with Gasteiger partial charge in [0.25, 0.3) is 0 Å². The second-order valence-electron chi connectivity index (χ2n) is 6.26. The largest absolute Gasteiger partial charge is 0.348 e. The third kappa shape index (κ3) is 2.77. The molecule has 1 saturated heterocycles. The van der Waals surface area contributed by atoms with Crippen molar-refractivity contribution in [1.82, 2.24) is 24.5 Å². The number of likely N-dealkylation sites (N-methyl/N-ethyl adjacent to an activating group) is 1. The molecule has 0 atom stereocenters. The van der Waals surface area contributed by atoms with Gasteiger partial charge in [-0.15, -0.1) is 0 Å². The molecule has 2 aliphatic rings. The van der Waals surface area contributed by atoms with E-state index < -0.39 is 15.6 Å². The van der Waals surface area contributed by atoms with Gasteiger partial charge < -0.3 is 15.2 Å². The number of hydrogen-bond donors (Lipinski definition) is 2. The van der Waals surface area contributed by atoms with Gasteiger partial charge in [-0.05, 0) is 19.9 Å². The third-order valence-electron chi connectivity index (χ3n) is 4.87. The standard InChI is InChI=1S/C14H23N5O3S/c1-15-9-12(20)18-7-4-14(5-8-18)13-11(16-10-17-13)3-6-19(14)23(2,21)22/h10,15H,3-9H2,1-2H3,(H,16,17). The Morgan fingerprint density at radius 3 is 2.70 bits per heavy atom. The quantitative estimate of drug-likeness (QED) is 0.755. The van der Waals surface area contributed by atoms with Crippen LogP contribution in [0, 0.1) is 0 Å². The van der Waals surface area contributed by atoms with Crippen molar-refractivity contribution in [3.63, 3.8) is 0 Å². The number of nitrogens with zero attached hydrogens (tertiary/aromatic N) is 3. The van der Waals surface area contributed by atoms with Gasteiger partial charge in [-0.25, -0.2) is 13.4 Å². The van der Waals surface area contributed by atoms with E-state index in [1.54, 1.807) is 22.6 Å². The molecule has 0 saturated carbocycles. The summed E-state index contributed by atoms with van der Waals surface area (Å²) in [5.41, 5.74) is 1.22. The summed E-state index contributed by atoms with van der Waals surface area (Å²) in [5.74, 6) is 0.0475. The Morgan fingerprint density at radius 2 is 2.09 bits per heavy atom. The highest BCUT2D eigenvalue weighted by Crippen LogP contribution is 2.43. The Labute approximate surface area is 136 Å². The number of carbonyl (C=O) groups excluding carboxylic acids is 1. The molecule has 23 heavy (non-hydrogen) atoms. The molecule has 0 aliphatic carbocycles. The molecule has 9 heteroatoms. The summed E-state index contributed by atoms with van der Waals surface area (Å²) >= 11 is 0. The highest BCUT2D eigenvalue weighted by molar-refractivity contribution is 7.88. The maximum atomic E-state index is 12.3. The van der Waals surface area contributed by atoms with Crippen LogP contribution in [0.15, 0.2) is 6.33 Å². The Balaban J connectivity index is 1.91. The first-order valence-corrected chi connectivity index (χ1v) is 9.66. The van der Waals surface area contributed by atoms with Crippen molar-refractivity contribution in [3.8, 4) is 0 Å². The molecule has 2 aliphatic heterocycles. The first-order valence-electron chi connectivity index (χ1n) is 7.81. The fourth-order valence-electron chi connectivity index (χ4n) is 3.82. The van der Waals surface area contributed by atoms with Gasteiger partial charge in [0.2, 0.25) is 15.9 Å². The molecule has 1 fully saturated rings. The second-order valence-corrected chi connectivity index (χ2v) is 8.16. The number of aromatic nitrogens is 2. The highest BCUT2D eigenvalue weighted by atomic mass is 32.2. The second kappa shape index (κ2) is 5.88. The maximum Gasteiger partial charge on any atom is 0.236 e. The molecule has 3 heterocycles. The van der Waals surface area contributed by atoms with Crippen molar-refractivity contribution in [2.45, 2.75) is 24.8 Å². The molecule has 0 bridgehead atoms. The lowest BCUT2D eigenvalue weighted by Crippen LogP contribution is -2.59. The van der Waals surface area contributed by atoms with Gasteiger partial charge in [-0.1, -0.05) is 0 Å². The number of piperidine rings is 1. The number of rotatable bonds is 3. The van der Waals surface area contributed by atoms with E-state index in [-0.39, 0.29) is 5.91 Å². The summed E-state index contributed by atoms with van der Waals surface area (Å²) in [6.07, 6.45) is 4.69. The Morgan fingerprint density at radius 1 is 1.39 bits per heavy atom. The van der Waals surface area contributed by atoms with E-state index in [1.165, 1.54) is 6.26 Å². The van der Waals surface area contributed by atoms with Gasteiger partial charge >= 0.3 is 0 Å². The van der Waals surface area contributed by atoms with Gasteiger partial charge in [-0.3, -0.25) is 4.79 Å². The lowest BCUT2D eigenvalue weighted by molar-refractivity contribution is -0.132. The molecule has 8 nitrogen and oxygen atoms in total. The van der Waals surface area contributed by atoms with Crippen molar-refractivity contribution >= 4 is 15.9 Å². The predicted molar refractivity (Wildman–Crippen MR) is 85.3 cm³/mol. The third-order valence-corrected chi connectivity index (χ3v) is 6.21. The summed E-state index contributed by atoms with van der Waals surface area (Å²) in [5, 5.41) is 2.87. The Hall–Kier alpha value is -1.45. The summed E-state index contributed by atoms with van der Waals surface area (Å²) in [7, 11) is -1.60. The molecule has 1 spiro atoms. The number of imidazole rings is 1. The van der Waals surface area contributed by atoms with E-state index in [0.29, 0.717) is 45.4 Å². The zero-order valence-corrected chi connectivity index (χ0v) is 14.3. The smallest absolute Gasteiger partial charge is 0.236 e. The van der Waals surface area contributed by atoms with Gasteiger partial charge in [-0.2, -0.15) is 4.31 Å². The van der Waals surface area contributed by atoms with E-state index in [1.807, 2.05) is 0 Å². The number of aromatic amines is 1. The summed E-state index contributed by atoms with van der Waals surface area (Å²) in [6, 6.07) is 0. The minimum atomic E-state index is -3.34. The van der Waals surface area contributed by atoms with Crippen LogP contribution in [0.1, 0.15) is 24.2 Å². The molecule has 128 valence electrons.